The zero-order valence-electron chi connectivity index (χ0n) is 12.3. The molecule has 2 rings (SSSR count). The maximum absolute atomic E-state index is 11.7. The molecule has 0 atom stereocenters. The number of nitrogens with one attached hydrogen (secondary N) is 2. The molecule has 0 bridgehead atoms. The van der Waals surface area contributed by atoms with Crippen molar-refractivity contribution in [1.82, 2.24) is 15.8 Å². The van der Waals surface area contributed by atoms with Gasteiger partial charge in [-0.15, -0.1) is 0 Å². The Morgan fingerprint density at radius 2 is 1.96 bits per heavy atom. The number of para-hydroxylation sites is 1. The van der Waals surface area contributed by atoms with Crippen molar-refractivity contribution in [2.24, 2.45) is 0 Å². The summed E-state index contributed by atoms with van der Waals surface area (Å²) in [5, 5.41) is 0.528. The summed E-state index contributed by atoms with van der Waals surface area (Å²) in [5.41, 5.74) is 5.04. The summed E-state index contributed by atoms with van der Waals surface area (Å²) in [6.07, 6.45) is 3.70. The largest absolute Gasteiger partial charge is 0.492 e. The van der Waals surface area contributed by atoms with Crippen LogP contribution < -0.4 is 15.6 Å². The minimum absolute atomic E-state index is 0.220. The van der Waals surface area contributed by atoms with Crippen LogP contribution >= 0.6 is 11.6 Å². The normalized spacial score (nSPS) is 9.96. The molecule has 0 aliphatic heterocycles. The lowest BCUT2D eigenvalue weighted by atomic mass is 10.3. The summed E-state index contributed by atoms with van der Waals surface area (Å²) < 4.78 is 5.47. The van der Waals surface area contributed by atoms with Crippen molar-refractivity contribution in [3.63, 3.8) is 0 Å². The van der Waals surface area contributed by atoms with Crippen LogP contribution in [-0.2, 0) is 4.79 Å². The Morgan fingerprint density at radius 3 is 2.70 bits per heavy atom. The number of nitrogens with zero attached hydrogens (tertiary/aromatic N) is 1. The van der Waals surface area contributed by atoms with E-state index in [9.17, 15) is 9.59 Å². The highest BCUT2D eigenvalue weighted by Crippen LogP contribution is 2.23. The SMILES string of the molecule is O=C(CCCOc1ccccc1Cl)NNC(=O)c1cccnc1. The first-order valence-corrected chi connectivity index (χ1v) is 7.41. The minimum atomic E-state index is -0.418. The number of hydrogen-bond acceptors (Lipinski definition) is 4. The average Bonchev–Trinajstić information content (AvgIpc) is 2.59. The average molecular weight is 334 g/mol. The molecule has 0 spiro atoms. The van der Waals surface area contributed by atoms with Crippen LogP contribution in [0.4, 0.5) is 0 Å². The van der Waals surface area contributed by atoms with Crippen LogP contribution in [0.2, 0.25) is 5.02 Å². The van der Waals surface area contributed by atoms with Crippen molar-refractivity contribution in [2.75, 3.05) is 6.61 Å². The fourth-order valence-electron chi connectivity index (χ4n) is 1.73. The van der Waals surface area contributed by atoms with Gasteiger partial charge in [-0.3, -0.25) is 25.4 Å². The molecule has 0 unspecified atom stereocenters. The third kappa shape index (κ3) is 5.60. The lowest BCUT2D eigenvalue weighted by molar-refractivity contribution is -0.122. The monoisotopic (exact) mass is 333 g/mol. The van der Waals surface area contributed by atoms with Gasteiger partial charge in [-0.25, -0.2) is 0 Å². The number of ether oxygens (including phenoxy) is 1. The van der Waals surface area contributed by atoms with Crippen LogP contribution in [0.3, 0.4) is 0 Å². The maximum Gasteiger partial charge on any atom is 0.271 e. The number of aromatic nitrogens is 1. The van der Waals surface area contributed by atoms with Gasteiger partial charge in [0, 0.05) is 18.8 Å². The number of carbonyl (C=O) groups excluding carboxylic acids is 2. The number of hydrazine groups is 1. The molecular weight excluding hydrogens is 318 g/mol. The summed E-state index contributed by atoms with van der Waals surface area (Å²) in [6.45, 7) is 0.355. The summed E-state index contributed by atoms with van der Waals surface area (Å²) in [7, 11) is 0. The molecule has 0 fully saturated rings. The predicted molar refractivity (Wildman–Crippen MR) is 86.0 cm³/mol. The van der Waals surface area contributed by atoms with Crippen LogP contribution in [0.15, 0.2) is 48.8 Å². The van der Waals surface area contributed by atoms with E-state index in [2.05, 4.69) is 15.8 Å². The molecule has 120 valence electrons. The molecule has 2 aromatic rings. The van der Waals surface area contributed by atoms with E-state index in [1.807, 2.05) is 12.1 Å². The van der Waals surface area contributed by atoms with Gasteiger partial charge in [-0.05, 0) is 30.7 Å². The molecule has 0 aliphatic carbocycles. The smallest absolute Gasteiger partial charge is 0.271 e. The third-order valence-electron chi connectivity index (χ3n) is 2.88. The Morgan fingerprint density at radius 1 is 1.13 bits per heavy atom. The molecule has 1 heterocycles. The highest BCUT2D eigenvalue weighted by Gasteiger charge is 2.07. The topological polar surface area (TPSA) is 80.3 Å². The molecule has 6 nitrogen and oxygen atoms in total. The van der Waals surface area contributed by atoms with Crippen LogP contribution in [-0.4, -0.2) is 23.4 Å². The van der Waals surface area contributed by atoms with Crippen LogP contribution in [0.5, 0.6) is 5.75 Å². The third-order valence-corrected chi connectivity index (χ3v) is 3.19. The number of pyridine rings is 1. The molecule has 23 heavy (non-hydrogen) atoms. The van der Waals surface area contributed by atoms with Crippen LogP contribution in [0.25, 0.3) is 0 Å². The Labute approximate surface area is 138 Å². The number of hydrogen-bond donors (Lipinski definition) is 2. The standard InChI is InChI=1S/C16H16ClN3O3/c17-13-6-1-2-7-14(13)23-10-4-8-15(21)19-20-16(22)12-5-3-9-18-11-12/h1-3,5-7,9,11H,4,8,10H2,(H,19,21)(H,20,22). The first kappa shape index (κ1) is 16.8. The van der Waals surface area contributed by atoms with E-state index in [1.165, 1.54) is 6.20 Å². The maximum atomic E-state index is 11.7. The van der Waals surface area contributed by atoms with Crippen LogP contribution in [0, 0.1) is 0 Å². The summed E-state index contributed by atoms with van der Waals surface area (Å²) in [4.78, 5) is 27.2. The first-order chi connectivity index (χ1) is 11.2. The Bertz CT molecular complexity index is 665. The molecule has 0 radical (unpaired) electrons. The molecular formula is C16H16ClN3O3. The predicted octanol–water partition coefficient (Wildman–Crippen LogP) is 2.36. The van der Waals surface area contributed by atoms with Gasteiger partial charge in [0.25, 0.3) is 5.91 Å². The summed E-state index contributed by atoms with van der Waals surface area (Å²) in [5.74, 6) is -0.136. The van der Waals surface area contributed by atoms with E-state index >= 15 is 0 Å². The number of benzene rings is 1. The number of halogens is 1. The second kappa shape index (κ2) is 8.75. The second-order valence-electron chi connectivity index (χ2n) is 4.63. The van der Waals surface area contributed by atoms with Gasteiger partial charge >= 0.3 is 0 Å². The zero-order chi connectivity index (χ0) is 16.5. The molecule has 2 N–H and O–H groups in total. The van der Waals surface area contributed by atoms with Crippen molar-refractivity contribution in [1.29, 1.82) is 0 Å². The van der Waals surface area contributed by atoms with Crippen molar-refractivity contribution in [3.8, 4) is 5.75 Å². The quantitative estimate of drug-likeness (QED) is 0.628. The fraction of sp³-hybridized carbons (Fsp3) is 0.188. The number of amides is 2. The van der Waals surface area contributed by atoms with E-state index in [4.69, 9.17) is 16.3 Å². The van der Waals surface area contributed by atoms with Crippen molar-refractivity contribution in [2.45, 2.75) is 12.8 Å². The van der Waals surface area contributed by atoms with E-state index in [-0.39, 0.29) is 12.3 Å². The molecule has 0 saturated carbocycles. The van der Waals surface area contributed by atoms with Gasteiger partial charge in [0.1, 0.15) is 5.75 Å². The molecule has 2 amide bonds. The van der Waals surface area contributed by atoms with Gasteiger partial charge < -0.3 is 4.74 Å². The summed E-state index contributed by atoms with van der Waals surface area (Å²) in [6, 6.07) is 10.4. The van der Waals surface area contributed by atoms with Gasteiger partial charge in [0.2, 0.25) is 5.91 Å². The summed E-state index contributed by atoms with van der Waals surface area (Å²) >= 11 is 5.95. The van der Waals surface area contributed by atoms with E-state index in [0.717, 1.165) is 0 Å². The second-order valence-corrected chi connectivity index (χ2v) is 5.03. The Hall–Kier alpha value is -2.60. The molecule has 0 saturated heterocycles. The van der Waals surface area contributed by atoms with E-state index in [1.54, 1.807) is 30.5 Å². The number of rotatable bonds is 6. The van der Waals surface area contributed by atoms with Gasteiger partial charge in [-0.2, -0.15) is 0 Å². The number of carbonyl (C=O) groups is 2. The Balaban J connectivity index is 1.64. The van der Waals surface area contributed by atoms with Crippen LogP contribution in [0.1, 0.15) is 23.2 Å². The molecule has 7 heteroatoms. The lowest BCUT2D eigenvalue weighted by Gasteiger charge is -2.09. The molecule has 1 aromatic carbocycles. The van der Waals surface area contributed by atoms with Gasteiger partial charge in [0.05, 0.1) is 17.2 Å². The zero-order valence-corrected chi connectivity index (χ0v) is 13.0. The van der Waals surface area contributed by atoms with Crippen molar-refractivity contribution < 1.29 is 14.3 Å². The van der Waals surface area contributed by atoms with E-state index in [0.29, 0.717) is 29.4 Å². The van der Waals surface area contributed by atoms with E-state index < -0.39 is 5.91 Å². The minimum Gasteiger partial charge on any atom is -0.492 e. The highest BCUT2D eigenvalue weighted by molar-refractivity contribution is 6.32. The van der Waals surface area contributed by atoms with Gasteiger partial charge in [-0.1, -0.05) is 23.7 Å². The van der Waals surface area contributed by atoms with Gasteiger partial charge in [0.15, 0.2) is 0 Å². The highest BCUT2D eigenvalue weighted by atomic mass is 35.5. The van der Waals surface area contributed by atoms with Crippen molar-refractivity contribution >= 4 is 23.4 Å². The fourth-order valence-corrected chi connectivity index (χ4v) is 1.93. The van der Waals surface area contributed by atoms with Crippen molar-refractivity contribution in [3.05, 3.63) is 59.4 Å². The first-order valence-electron chi connectivity index (χ1n) is 7.03. The molecule has 0 aliphatic rings. The lowest BCUT2D eigenvalue weighted by Crippen LogP contribution is -2.41. The Kier molecular flexibility index (Phi) is 6.38. The molecule has 1 aromatic heterocycles.